The summed E-state index contributed by atoms with van der Waals surface area (Å²) in [7, 11) is 0. The summed E-state index contributed by atoms with van der Waals surface area (Å²) < 4.78 is 15.3. The second-order valence-corrected chi connectivity index (χ2v) is 4.28. The van der Waals surface area contributed by atoms with E-state index in [4.69, 9.17) is 0 Å². The van der Waals surface area contributed by atoms with Crippen molar-refractivity contribution in [1.82, 2.24) is 9.55 Å². The second kappa shape index (κ2) is 4.47. The van der Waals surface area contributed by atoms with E-state index in [1.165, 1.54) is 0 Å². The molecule has 0 saturated carbocycles. The fourth-order valence-electron chi connectivity index (χ4n) is 1.69. The zero-order chi connectivity index (χ0) is 11.5. The van der Waals surface area contributed by atoms with E-state index in [2.05, 4.69) is 18.8 Å². The van der Waals surface area contributed by atoms with E-state index in [1.54, 1.807) is 24.7 Å². The lowest BCUT2D eigenvalue weighted by atomic mass is 10.0. The van der Waals surface area contributed by atoms with E-state index >= 15 is 0 Å². The van der Waals surface area contributed by atoms with Crippen LogP contribution in [0.1, 0.15) is 30.9 Å². The predicted octanol–water partition coefficient (Wildman–Crippen LogP) is 3.19. The molecule has 0 amide bonds. The Kier molecular flexibility index (Phi) is 3.04. The summed E-state index contributed by atoms with van der Waals surface area (Å²) >= 11 is 0. The molecule has 2 nitrogen and oxygen atoms in total. The maximum atomic E-state index is 13.4. The van der Waals surface area contributed by atoms with Gasteiger partial charge in [-0.1, -0.05) is 19.9 Å². The highest BCUT2D eigenvalue weighted by atomic mass is 19.1. The molecule has 0 atom stereocenters. The predicted molar refractivity (Wildman–Crippen MR) is 61.8 cm³/mol. The summed E-state index contributed by atoms with van der Waals surface area (Å²) in [6.07, 6.45) is 5.34. The van der Waals surface area contributed by atoms with Crippen molar-refractivity contribution in [3.63, 3.8) is 0 Å². The van der Waals surface area contributed by atoms with Crippen molar-refractivity contribution in [2.24, 2.45) is 0 Å². The Balaban J connectivity index is 2.27. The van der Waals surface area contributed by atoms with Crippen LogP contribution in [0.4, 0.5) is 4.39 Å². The molecule has 0 aliphatic carbocycles. The zero-order valence-corrected chi connectivity index (χ0v) is 9.52. The Morgan fingerprint density at radius 2 is 2.12 bits per heavy atom. The largest absolute Gasteiger partial charge is 0.333 e. The Labute approximate surface area is 94.8 Å². The van der Waals surface area contributed by atoms with Crippen molar-refractivity contribution in [3.8, 4) is 0 Å². The molecular weight excluding hydrogens is 203 g/mol. The van der Waals surface area contributed by atoms with Crippen molar-refractivity contribution in [2.45, 2.75) is 26.3 Å². The van der Waals surface area contributed by atoms with Gasteiger partial charge in [-0.15, -0.1) is 0 Å². The molecule has 0 saturated heterocycles. The van der Waals surface area contributed by atoms with Crippen molar-refractivity contribution < 1.29 is 4.39 Å². The van der Waals surface area contributed by atoms with Crippen LogP contribution in [0.2, 0.25) is 0 Å². The fourth-order valence-corrected chi connectivity index (χ4v) is 1.69. The molecule has 0 radical (unpaired) electrons. The summed E-state index contributed by atoms with van der Waals surface area (Å²) in [5.41, 5.74) is 2.01. The molecule has 2 rings (SSSR count). The lowest BCUT2D eigenvalue weighted by Crippen LogP contribution is -1.99. The maximum absolute atomic E-state index is 13.4. The van der Waals surface area contributed by atoms with E-state index in [-0.39, 0.29) is 5.82 Å². The van der Waals surface area contributed by atoms with Gasteiger partial charge in [0.05, 0.1) is 6.33 Å². The lowest BCUT2D eigenvalue weighted by Gasteiger charge is -2.09. The van der Waals surface area contributed by atoms with Crippen molar-refractivity contribution >= 4 is 0 Å². The van der Waals surface area contributed by atoms with Crippen LogP contribution < -0.4 is 0 Å². The monoisotopic (exact) mass is 218 g/mol. The van der Waals surface area contributed by atoms with Crippen LogP contribution in [0.15, 0.2) is 36.9 Å². The van der Waals surface area contributed by atoms with Gasteiger partial charge in [-0.25, -0.2) is 9.37 Å². The minimum absolute atomic E-state index is 0.165. The molecule has 0 unspecified atom stereocenters. The molecule has 0 aliphatic rings. The topological polar surface area (TPSA) is 17.8 Å². The minimum Gasteiger partial charge on any atom is -0.333 e. The van der Waals surface area contributed by atoms with Crippen LogP contribution in [0, 0.1) is 5.82 Å². The highest BCUT2D eigenvalue weighted by Crippen LogP contribution is 2.18. The molecule has 0 fully saturated rings. The lowest BCUT2D eigenvalue weighted by molar-refractivity contribution is 0.618. The van der Waals surface area contributed by atoms with Gasteiger partial charge >= 0.3 is 0 Å². The van der Waals surface area contributed by atoms with E-state index in [0.29, 0.717) is 12.5 Å². The van der Waals surface area contributed by atoms with Gasteiger partial charge in [0.1, 0.15) is 5.82 Å². The highest BCUT2D eigenvalue weighted by molar-refractivity contribution is 5.27. The van der Waals surface area contributed by atoms with Gasteiger partial charge in [0, 0.05) is 18.9 Å². The molecule has 0 aliphatic heterocycles. The van der Waals surface area contributed by atoms with Crippen molar-refractivity contribution in [1.29, 1.82) is 0 Å². The highest BCUT2D eigenvalue weighted by Gasteiger charge is 2.04. The number of aromatic nitrogens is 2. The summed E-state index contributed by atoms with van der Waals surface area (Å²) in [5, 5.41) is 0. The normalized spacial score (nSPS) is 11.0. The minimum atomic E-state index is -0.165. The van der Waals surface area contributed by atoms with E-state index < -0.39 is 0 Å². The van der Waals surface area contributed by atoms with Crippen molar-refractivity contribution in [2.75, 3.05) is 0 Å². The maximum Gasteiger partial charge on any atom is 0.123 e. The first-order chi connectivity index (χ1) is 7.65. The van der Waals surface area contributed by atoms with Gasteiger partial charge < -0.3 is 4.57 Å². The smallest absolute Gasteiger partial charge is 0.123 e. The molecule has 1 aromatic heterocycles. The first-order valence-electron chi connectivity index (χ1n) is 5.40. The van der Waals surface area contributed by atoms with Crippen LogP contribution in [0.3, 0.4) is 0 Å². The molecular formula is C13H15FN2. The number of hydrogen-bond donors (Lipinski definition) is 0. The standard InChI is InChI=1S/C13H15FN2/c1-10(2)12-5-11(6-13(14)7-12)8-16-4-3-15-9-16/h3-7,9-10H,8H2,1-2H3. The summed E-state index contributed by atoms with van der Waals surface area (Å²) in [6, 6.07) is 5.22. The van der Waals surface area contributed by atoms with Gasteiger partial charge in [-0.2, -0.15) is 0 Å². The quantitative estimate of drug-likeness (QED) is 0.773. The molecule has 84 valence electrons. The summed E-state index contributed by atoms with van der Waals surface area (Å²) in [6.45, 7) is 4.79. The molecule has 1 heterocycles. The van der Waals surface area contributed by atoms with Gasteiger partial charge in [0.2, 0.25) is 0 Å². The summed E-state index contributed by atoms with van der Waals surface area (Å²) in [5.74, 6) is 0.179. The average Bonchev–Trinajstić information content (AvgIpc) is 2.69. The second-order valence-electron chi connectivity index (χ2n) is 4.28. The van der Waals surface area contributed by atoms with Crippen LogP contribution in [0.25, 0.3) is 0 Å². The first-order valence-corrected chi connectivity index (χ1v) is 5.40. The Hall–Kier alpha value is -1.64. The zero-order valence-electron chi connectivity index (χ0n) is 9.52. The number of hydrogen-bond acceptors (Lipinski definition) is 1. The Morgan fingerprint density at radius 3 is 2.75 bits per heavy atom. The molecule has 16 heavy (non-hydrogen) atoms. The van der Waals surface area contributed by atoms with Crippen LogP contribution in [-0.4, -0.2) is 9.55 Å². The third-order valence-corrected chi connectivity index (χ3v) is 2.57. The van der Waals surface area contributed by atoms with Crippen LogP contribution >= 0.6 is 0 Å². The molecule has 0 bridgehead atoms. The van der Waals surface area contributed by atoms with Gasteiger partial charge in [0.15, 0.2) is 0 Å². The number of imidazole rings is 1. The first kappa shape index (κ1) is 10.9. The summed E-state index contributed by atoms with van der Waals surface area (Å²) in [4.78, 5) is 3.97. The van der Waals surface area contributed by atoms with Crippen LogP contribution in [-0.2, 0) is 6.54 Å². The number of rotatable bonds is 3. The van der Waals surface area contributed by atoms with E-state index in [1.807, 2.05) is 16.8 Å². The van der Waals surface area contributed by atoms with E-state index in [0.717, 1.165) is 11.1 Å². The Morgan fingerprint density at radius 1 is 1.31 bits per heavy atom. The number of nitrogens with zero attached hydrogens (tertiary/aromatic N) is 2. The molecule has 0 spiro atoms. The number of benzene rings is 1. The SMILES string of the molecule is CC(C)c1cc(F)cc(Cn2ccnc2)c1. The average molecular weight is 218 g/mol. The van der Waals surface area contributed by atoms with Gasteiger partial charge in [0.25, 0.3) is 0 Å². The third-order valence-electron chi connectivity index (χ3n) is 2.57. The molecule has 1 aromatic carbocycles. The molecule has 3 heteroatoms. The van der Waals surface area contributed by atoms with Crippen LogP contribution in [0.5, 0.6) is 0 Å². The van der Waals surface area contributed by atoms with E-state index in [9.17, 15) is 4.39 Å². The Bertz CT molecular complexity index is 461. The molecule has 0 N–H and O–H groups in total. The fraction of sp³-hybridized carbons (Fsp3) is 0.308. The third kappa shape index (κ3) is 2.48. The van der Waals surface area contributed by atoms with Crippen molar-refractivity contribution in [3.05, 3.63) is 53.9 Å². The van der Waals surface area contributed by atoms with Gasteiger partial charge in [-0.3, -0.25) is 0 Å². The number of halogens is 1. The van der Waals surface area contributed by atoms with Gasteiger partial charge in [-0.05, 0) is 29.2 Å². The molecule has 2 aromatic rings.